The summed E-state index contributed by atoms with van der Waals surface area (Å²) in [5.41, 5.74) is 7.57. The van der Waals surface area contributed by atoms with E-state index in [9.17, 15) is 14.9 Å². The highest BCUT2D eigenvalue weighted by Crippen LogP contribution is 2.34. The van der Waals surface area contributed by atoms with Crippen molar-refractivity contribution in [3.63, 3.8) is 0 Å². The van der Waals surface area contributed by atoms with Crippen LogP contribution in [-0.2, 0) is 4.79 Å². The van der Waals surface area contributed by atoms with Crippen LogP contribution in [0.25, 0.3) is 10.8 Å². The van der Waals surface area contributed by atoms with Gasteiger partial charge in [-0.1, -0.05) is 30.3 Å². The van der Waals surface area contributed by atoms with E-state index < -0.39 is 6.04 Å². The van der Waals surface area contributed by atoms with Gasteiger partial charge >= 0.3 is 0 Å². The zero-order valence-corrected chi connectivity index (χ0v) is 15.8. The Labute approximate surface area is 167 Å². The Balaban J connectivity index is 1.58. The number of rotatable bonds is 5. The van der Waals surface area contributed by atoms with E-state index >= 15 is 0 Å². The van der Waals surface area contributed by atoms with Crippen LogP contribution in [0.1, 0.15) is 11.6 Å². The monoisotopic (exact) mass is 391 g/mol. The van der Waals surface area contributed by atoms with E-state index in [0.29, 0.717) is 31.6 Å². The lowest BCUT2D eigenvalue weighted by Gasteiger charge is -2.39. The van der Waals surface area contributed by atoms with Gasteiger partial charge in [0.25, 0.3) is 5.69 Å². The number of nitro benzene ring substituents is 1. The lowest BCUT2D eigenvalue weighted by Crippen LogP contribution is -2.50. The second kappa shape index (κ2) is 7.84. The Morgan fingerprint density at radius 3 is 2.41 bits per heavy atom. The van der Waals surface area contributed by atoms with Crippen LogP contribution in [0.5, 0.6) is 0 Å². The fourth-order valence-electron chi connectivity index (χ4n) is 4.01. The molecule has 1 aliphatic heterocycles. The fraction of sp³-hybridized carbons (Fsp3) is 0.238. The molecule has 2 aromatic carbocycles. The zero-order chi connectivity index (χ0) is 20.4. The summed E-state index contributed by atoms with van der Waals surface area (Å²) in [7, 11) is 0. The lowest BCUT2D eigenvalue weighted by atomic mass is 10.0. The van der Waals surface area contributed by atoms with Crippen molar-refractivity contribution < 1.29 is 9.72 Å². The van der Waals surface area contributed by atoms with Gasteiger partial charge in [0, 0.05) is 55.7 Å². The van der Waals surface area contributed by atoms with Crippen LogP contribution < -0.4 is 10.6 Å². The molecule has 2 heterocycles. The van der Waals surface area contributed by atoms with Gasteiger partial charge in [0.15, 0.2) is 0 Å². The number of amides is 1. The highest BCUT2D eigenvalue weighted by atomic mass is 16.6. The minimum absolute atomic E-state index is 0.0494. The molecule has 0 radical (unpaired) electrons. The van der Waals surface area contributed by atoms with E-state index in [2.05, 4.69) is 14.8 Å². The van der Waals surface area contributed by atoms with E-state index in [1.807, 2.05) is 30.3 Å². The van der Waals surface area contributed by atoms with Gasteiger partial charge in [-0.2, -0.15) is 0 Å². The van der Waals surface area contributed by atoms with Crippen LogP contribution in [0.2, 0.25) is 0 Å². The molecule has 1 fully saturated rings. The molecule has 0 aliphatic carbocycles. The number of benzene rings is 2. The van der Waals surface area contributed by atoms with Gasteiger partial charge in [0.1, 0.15) is 6.04 Å². The Bertz CT molecular complexity index is 1050. The molecule has 1 aromatic heterocycles. The molecule has 1 amide bonds. The minimum Gasteiger partial charge on any atom is -0.368 e. The van der Waals surface area contributed by atoms with E-state index in [1.165, 1.54) is 12.3 Å². The first kappa shape index (κ1) is 18.8. The van der Waals surface area contributed by atoms with Crippen molar-refractivity contribution in [1.82, 2.24) is 9.88 Å². The number of nitro groups is 1. The largest absolute Gasteiger partial charge is 0.368 e. The Morgan fingerprint density at radius 1 is 1.03 bits per heavy atom. The molecule has 0 bridgehead atoms. The summed E-state index contributed by atoms with van der Waals surface area (Å²) in [6.45, 7) is 2.69. The second-order valence-electron chi connectivity index (χ2n) is 7.02. The Morgan fingerprint density at radius 2 is 1.76 bits per heavy atom. The molecular formula is C21H21N5O3. The average Bonchev–Trinajstić information content (AvgIpc) is 2.74. The number of anilines is 1. The average molecular weight is 391 g/mol. The topological polar surface area (TPSA) is 106 Å². The molecule has 148 valence electrons. The minimum atomic E-state index is -0.462. The van der Waals surface area contributed by atoms with Crippen LogP contribution in [0, 0.1) is 10.1 Å². The normalized spacial score (nSPS) is 15.9. The first-order valence-corrected chi connectivity index (χ1v) is 9.40. The van der Waals surface area contributed by atoms with Gasteiger partial charge in [0.05, 0.1) is 10.3 Å². The molecule has 29 heavy (non-hydrogen) atoms. The maximum atomic E-state index is 12.1. The molecule has 3 aromatic rings. The SMILES string of the molecule is NC(=O)C(c1ccccc1)N1CCN(c2ccc([N+](=O)[O-])c3cnccc23)CC1. The molecular weight excluding hydrogens is 370 g/mol. The highest BCUT2D eigenvalue weighted by Gasteiger charge is 2.29. The standard InChI is InChI=1S/C21H21N5O3/c22-21(27)20(15-4-2-1-3-5-15)25-12-10-24(11-13-25)18-6-7-19(26(28)29)17-14-23-9-8-16(17)18/h1-9,14,20H,10-13H2,(H2,22,27). The summed E-state index contributed by atoms with van der Waals surface area (Å²) in [6, 6.07) is 14.2. The van der Waals surface area contributed by atoms with Crippen LogP contribution >= 0.6 is 0 Å². The number of nitrogens with zero attached hydrogens (tertiary/aromatic N) is 4. The predicted octanol–water partition coefficient (Wildman–Crippen LogP) is 2.49. The first-order valence-electron chi connectivity index (χ1n) is 9.40. The summed E-state index contributed by atoms with van der Waals surface area (Å²) in [4.78, 5) is 31.4. The molecule has 1 unspecified atom stereocenters. The summed E-state index contributed by atoms with van der Waals surface area (Å²) < 4.78 is 0. The number of hydrogen-bond donors (Lipinski definition) is 1. The maximum absolute atomic E-state index is 12.1. The number of piperazine rings is 1. The molecule has 1 saturated heterocycles. The number of hydrogen-bond acceptors (Lipinski definition) is 6. The zero-order valence-electron chi connectivity index (χ0n) is 15.8. The Hall–Kier alpha value is -3.52. The van der Waals surface area contributed by atoms with Crippen LogP contribution in [0.4, 0.5) is 11.4 Å². The predicted molar refractivity (Wildman–Crippen MR) is 111 cm³/mol. The van der Waals surface area contributed by atoms with Gasteiger partial charge in [-0.15, -0.1) is 0 Å². The van der Waals surface area contributed by atoms with Crippen LogP contribution in [0.15, 0.2) is 60.9 Å². The number of non-ortho nitro benzene ring substituents is 1. The number of primary amides is 1. The molecule has 1 aliphatic rings. The van der Waals surface area contributed by atoms with Crippen molar-refractivity contribution in [3.8, 4) is 0 Å². The van der Waals surface area contributed by atoms with Gasteiger partial charge in [-0.3, -0.25) is 24.8 Å². The number of aromatic nitrogens is 1. The summed E-state index contributed by atoms with van der Waals surface area (Å²) >= 11 is 0. The quantitative estimate of drug-likeness (QED) is 0.529. The van der Waals surface area contributed by atoms with Crippen molar-refractivity contribution in [2.45, 2.75) is 6.04 Å². The van der Waals surface area contributed by atoms with E-state index in [0.717, 1.165) is 16.6 Å². The van der Waals surface area contributed by atoms with Gasteiger partial charge in [0.2, 0.25) is 5.91 Å². The van der Waals surface area contributed by atoms with Crippen LogP contribution in [0.3, 0.4) is 0 Å². The molecule has 0 spiro atoms. The molecule has 4 rings (SSSR count). The molecule has 1 atom stereocenters. The van der Waals surface area contributed by atoms with E-state index in [-0.39, 0.29) is 16.5 Å². The number of carbonyl (C=O) groups is 1. The molecule has 8 heteroatoms. The summed E-state index contributed by atoms with van der Waals surface area (Å²) in [6.07, 6.45) is 3.18. The van der Waals surface area contributed by atoms with Crippen molar-refractivity contribution in [2.24, 2.45) is 5.73 Å². The van der Waals surface area contributed by atoms with Crippen molar-refractivity contribution in [3.05, 3.63) is 76.6 Å². The summed E-state index contributed by atoms with van der Waals surface area (Å²) in [5.74, 6) is -0.364. The number of nitrogens with two attached hydrogens (primary N) is 1. The summed E-state index contributed by atoms with van der Waals surface area (Å²) in [5, 5.41) is 12.7. The van der Waals surface area contributed by atoms with Gasteiger partial charge in [-0.05, 0) is 17.7 Å². The molecule has 8 nitrogen and oxygen atoms in total. The van der Waals surface area contributed by atoms with Crippen LogP contribution in [-0.4, -0.2) is 46.9 Å². The van der Waals surface area contributed by atoms with Gasteiger partial charge in [-0.25, -0.2) is 0 Å². The van der Waals surface area contributed by atoms with Crippen molar-refractivity contribution in [1.29, 1.82) is 0 Å². The Kier molecular flexibility index (Phi) is 5.09. The smallest absolute Gasteiger partial charge is 0.278 e. The first-order chi connectivity index (χ1) is 14.1. The van der Waals surface area contributed by atoms with Crippen molar-refractivity contribution in [2.75, 3.05) is 31.1 Å². The fourth-order valence-corrected chi connectivity index (χ4v) is 4.01. The third-order valence-corrected chi connectivity index (χ3v) is 5.37. The van der Waals surface area contributed by atoms with E-state index in [1.54, 1.807) is 18.3 Å². The van der Waals surface area contributed by atoms with Gasteiger partial charge < -0.3 is 10.6 Å². The highest BCUT2D eigenvalue weighted by molar-refractivity contribution is 5.99. The third kappa shape index (κ3) is 3.62. The number of pyridine rings is 1. The molecule has 2 N–H and O–H groups in total. The second-order valence-corrected chi connectivity index (χ2v) is 7.02. The van der Waals surface area contributed by atoms with E-state index in [4.69, 9.17) is 5.73 Å². The number of fused-ring (bicyclic) bond motifs is 1. The van der Waals surface area contributed by atoms with Crippen molar-refractivity contribution >= 4 is 28.1 Å². The number of carbonyl (C=O) groups excluding carboxylic acids is 1. The third-order valence-electron chi connectivity index (χ3n) is 5.37. The maximum Gasteiger partial charge on any atom is 0.278 e. The molecule has 0 saturated carbocycles. The lowest BCUT2D eigenvalue weighted by molar-refractivity contribution is -0.383.